The summed E-state index contributed by atoms with van der Waals surface area (Å²) in [7, 11) is 1.61. The van der Waals surface area contributed by atoms with Gasteiger partial charge in [0.25, 0.3) is 0 Å². The highest BCUT2D eigenvalue weighted by atomic mass is 35.5. The quantitative estimate of drug-likeness (QED) is 0.326. The molecule has 0 amide bonds. The van der Waals surface area contributed by atoms with Gasteiger partial charge in [-0.05, 0) is 73.3 Å². The Bertz CT molecular complexity index is 1070. The highest BCUT2D eigenvalue weighted by Crippen LogP contribution is 2.28. The molecule has 0 spiro atoms. The zero-order valence-corrected chi connectivity index (χ0v) is 20.5. The molecule has 1 atom stereocenters. The summed E-state index contributed by atoms with van der Waals surface area (Å²) in [6.07, 6.45) is 0.110. The summed E-state index contributed by atoms with van der Waals surface area (Å²) in [4.78, 5) is 11.5. The van der Waals surface area contributed by atoms with Gasteiger partial charge in [-0.2, -0.15) is 0 Å². The summed E-state index contributed by atoms with van der Waals surface area (Å²) in [5, 5.41) is 23.1. The van der Waals surface area contributed by atoms with Crippen molar-refractivity contribution < 1.29 is 24.5 Å². The minimum atomic E-state index is -1.00. The Kier molecular flexibility index (Phi) is 10.4. The fourth-order valence-electron chi connectivity index (χ4n) is 3.53. The fraction of sp³-hybridized carbons (Fsp3) is 0.296. The zero-order valence-electron chi connectivity index (χ0n) is 19.7. The number of halogens is 1. The van der Waals surface area contributed by atoms with Crippen molar-refractivity contribution in [2.24, 2.45) is 0 Å². The Balaban J connectivity index is 0.00000408. The van der Waals surface area contributed by atoms with Crippen molar-refractivity contribution in [2.75, 3.05) is 20.2 Å². The number of benzene rings is 3. The van der Waals surface area contributed by atoms with Gasteiger partial charge in [-0.3, -0.25) is 0 Å². The number of carboxylic acid groups (broad SMARTS) is 1. The molecule has 3 aromatic rings. The van der Waals surface area contributed by atoms with Gasteiger partial charge in [-0.25, -0.2) is 4.79 Å². The highest BCUT2D eigenvalue weighted by molar-refractivity contribution is 5.92. The molecule has 0 unspecified atom stereocenters. The number of aliphatic hydroxyl groups is 1. The van der Waals surface area contributed by atoms with Crippen molar-refractivity contribution in [1.29, 1.82) is 0 Å². The van der Waals surface area contributed by atoms with E-state index in [1.54, 1.807) is 25.3 Å². The Hall–Kier alpha value is -3.06. The molecule has 0 saturated carbocycles. The smallest absolute Gasteiger partial charge is 0.339 e. The summed E-state index contributed by atoms with van der Waals surface area (Å²) >= 11 is 0. The summed E-state index contributed by atoms with van der Waals surface area (Å²) in [5.41, 5.74) is 4.04. The Morgan fingerprint density at radius 2 is 1.71 bits per heavy atom. The van der Waals surface area contributed by atoms with Crippen molar-refractivity contribution in [3.8, 4) is 22.6 Å². The first-order valence-corrected chi connectivity index (χ1v) is 11.0. The predicted octanol–water partition coefficient (Wildman–Crippen LogP) is 5.14. The van der Waals surface area contributed by atoms with Crippen LogP contribution in [0.25, 0.3) is 11.1 Å². The van der Waals surface area contributed by atoms with Crippen LogP contribution < -0.4 is 14.8 Å². The molecule has 3 aromatic carbocycles. The Morgan fingerprint density at radius 1 is 1.00 bits per heavy atom. The van der Waals surface area contributed by atoms with E-state index in [4.69, 9.17) is 9.47 Å². The molecule has 0 aliphatic rings. The lowest BCUT2D eigenvalue weighted by Crippen LogP contribution is -2.23. The number of rotatable bonds is 11. The number of aliphatic hydroxyl groups excluding tert-OH is 1. The Morgan fingerprint density at radius 3 is 2.35 bits per heavy atom. The first-order chi connectivity index (χ1) is 15.9. The van der Waals surface area contributed by atoms with E-state index in [0.29, 0.717) is 12.3 Å². The lowest BCUT2D eigenvalue weighted by molar-refractivity contribution is 0.0690. The van der Waals surface area contributed by atoms with Crippen LogP contribution in [0.15, 0.2) is 66.7 Å². The van der Waals surface area contributed by atoms with Gasteiger partial charge >= 0.3 is 5.97 Å². The second-order valence-electron chi connectivity index (χ2n) is 8.13. The number of aromatic carboxylic acids is 1. The van der Waals surface area contributed by atoms with Crippen molar-refractivity contribution in [1.82, 2.24) is 5.32 Å². The molecule has 6 nitrogen and oxygen atoms in total. The van der Waals surface area contributed by atoms with Gasteiger partial charge in [0.2, 0.25) is 0 Å². The van der Waals surface area contributed by atoms with Gasteiger partial charge in [0.05, 0.1) is 19.3 Å². The standard InChI is InChI=1S/C27H31NO5.ClH/c1-18(2)33-26-16-21(11-12-24(26)27(30)31)20-9-7-19(8-10-20)13-14-28-17-25(29)22-5-4-6-23(15-22)32-3;/h4-12,15-16,18,25,28-29H,13-14,17H2,1-3H3,(H,30,31);1H/t25-;/m1./s1. The molecule has 0 aromatic heterocycles. The van der Waals surface area contributed by atoms with Crippen LogP contribution in [0.2, 0.25) is 0 Å². The molecule has 0 radical (unpaired) electrons. The van der Waals surface area contributed by atoms with Gasteiger partial charge in [0.1, 0.15) is 17.1 Å². The monoisotopic (exact) mass is 485 g/mol. The van der Waals surface area contributed by atoms with Crippen LogP contribution in [0.3, 0.4) is 0 Å². The predicted molar refractivity (Wildman–Crippen MR) is 136 cm³/mol. The van der Waals surface area contributed by atoms with Crippen LogP contribution in [-0.4, -0.2) is 42.5 Å². The van der Waals surface area contributed by atoms with Gasteiger partial charge in [-0.15, -0.1) is 12.4 Å². The molecular formula is C27H32ClNO5. The molecule has 3 N–H and O–H groups in total. The maximum atomic E-state index is 11.5. The SMILES string of the molecule is COc1cccc([C@H](O)CNCCc2ccc(-c3ccc(C(=O)O)c(OC(C)C)c3)cc2)c1.Cl. The normalized spacial score (nSPS) is 11.6. The van der Waals surface area contributed by atoms with Crippen molar-refractivity contribution in [3.63, 3.8) is 0 Å². The first-order valence-electron chi connectivity index (χ1n) is 11.0. The van der Waals surface area contributed by atoms with E-state index in [2.05, 4.69) is 17.4 Å². The van der Waals surface area contributed by atoms with E-state index in [-0.39, 0.29) is 24.1 Å². The van der Waals surface area contributed by atoms with E-state index in [1.807, 2.05) is 50.2 Å². The van der Waals surface area contributed by atoms with Crippen molar-refractivity contribution in [2.45, 2.75) is 32.5 Å². The average molecular weight is 486 g/mol. The van der Waals surface area contributed by atoms with E-state index >= 15 is 0 Å². The highest BCUT2D eigenvalue weighted by Gasteiger charge is 2.14. The topological polar surface area (TPSA) is 88.0 Å². The molecule has 0 saturated heterocycles. The molecule has 7 heteroatoms. The minimum absolute atomic E-state index is 0. The second-order valence-corrected chi connectivity index (χ2v) is 8.13. The molecule has 0 fully saturated rings. The third-order valence-electron chi connectivity index (χ3n) is 5.27. The van der Waals surface area contributed by atoms with Crippen molar-refractivity contribution >= 4 is 18.4 Å². The largest absolute Gasteiger partial charge is 0.497 e. The van der Waals surface area contributed by atoms with Crippen LogP contribution >= 0.6 is 12.4 Å². The van der Waals surface area contributed by atoms with E-state index in [0.717, 1.165) is 35.4 Å². The zero-order chi connectivity index (χ0) is 23.8. The third-order valence-corrected chi connectivity index (χ3v) is 5.27. The summed E-state index contributed by atoms with van der Waals surface area (Å²) in [6, 6.07) is 20.8. The summed E-state index contributed by atoms with van der Waals surface area (Å²) in [5.74, 6) is 0.0987. The first kappa shape index (κ1) is 27.2. The maximum Gasteiger partial charge on any atom is 0.339 e. The Labute approximate surface area is 207 Å². The molecule has 0 heterocycles. The molecular weight excluding hydrogens is 454 g/mol. The van der Waals surface area contributed by atoms with Gasteiger partial charge in [0.15, 0.2) is 0 Å². The van der Waals surface area contributed by atoms with E-state index in [9.17, 15) is 15.0 Å². The third kappa shape index (κ3) is 7.48. The number of methoxy groups -OCH3 is 1. The molecule has 3 rings (SSSR count). The number of hydrogen-bond acceptors (Lipinski definition) is 5. The van der Waals surface area contributed by atoms with Crippen LogP contribution in [0, 0.1) is 0 Å². The van der Waals surface area contributed by atoms with E-state index in [1.165, 1.54) is 5.56 Å². The minimum Gasteiger partial charge on any atom is -0.497 e. The summed E-state index contributed by atoms with van der Waals surface area (Å²) < 4.78 is 10.9. The number of hydrogen-bond donors (Lipinski definition) is 3. The van der Waals surface area contributed by atoms with Gasteiger partial charge in [-0.1, -0.05) is 42.5 Å². The molecule has 182 valence electrons. The number of nitrogens with one attached hydrogen (secondary N) is 1. The maximum absolute atomic E-state index is 11.5. The van der Waals surface area contributed by atoms with Crippen LogP contribution in [0.5, 0.6) is 11.5 Å². The number of ether oxygens (including phenoxy) is 2. The average Bonchev–Trinajstić information content (AvgIpc) is 2.81. The summed E-state index contributed by atoms with van der Waals surface area (Å²) in [6.45, 7) is 4.94. The van der Waals surface area contributed by atoms with Gasteiger partial charge < -0.3 is 25.0 Å². The van der Waals surface area contributed by atoms with Crippen LogP contribution in [-0.2, 0) is 6.42 Å². The molecule has 0 aliphatic heterocycles. The van der Waals surface area contributed by atoms with Crippen molar-refractivity contribution in [3.05, 3.63) is 83.4 Å². The van der Waals surface area contributed by atoms with Gasteiger partial charge in [0, 0.05) is 6.54 Å². The second kappa shape index (κ2) is 13.0. The molecule has 0 bridgehead atoms. The van der Waals surface area contributed by atoms with Crippen LogP contribution in [0.4, 0.5) is 0 Å². The molecule has 0 aliphatic carbocycles. The number of carbonyl (C=O) groups is 1. The fourth-order valence-corrected chi connectivity index (χ4v) is 3.53. The molecule has 34 heavy (non-hydrogen) atoms. The lowest BCUT2D eigenvalue weighted by atomic mass is 10.0. The van der Waals surface area contributed by atoms with E-state index < -0.39 is 12.1 Å². The number of carboxylic acids is 1. The van der Waals surface area contributed by atoms with Crippen LogP contribution in [0.1, 0.15) is 41.4 Å². The lowest BCUT2D eigenvalue weighted by Gasteiger charge is -2.14.